The van der Waals surface area contributed by atoms with Crippen molar-refractivity contribution < 1.29 is 14.7 Å². The van der Waals surface area contributed by atoms with Gasteiger partial charge in [-0.3, -0.25) is 14.6 Å². The summed E-state index contributed by atoms with van der Waals surface area (Å²) in [5.41, 5.74) is 6.39. The van der Waals surface area contributed by atoms with E-state index in [0.29, 0.717) is 28.1 Å². The Bertz CT molecular complexity index is 1100. The van der Waals surface area contributed by atoms with Gasteiger partial charge in [-0.1, -0.05) is 6.92 Å². The van der Waals surface area contributed by atoms with Gasteiger partial charge in [0, 0.05) is 17.0 Å². The molecular weight excluding hydrogens is 414 g/mol. The number of carbonyl (C=O) groups is 2. The lowest BCUT2D eigenvalue weighted by atomic mass is 10.0. The lowest BCUT2D eigenvalue weighted by Crippen LogP contribution is -2.40. The van der Waals surface area contributed by atoms with Crippen molar-refractivity contribution in [1.29, 1.82) is 0 Å². The van der Waals surface area contributed by atoms with Crippen LogP contribution >= 0.6 is 23.1 Å². The summed E-state index contributed by atoms with van der Waals surface area (Å²) >= 11 is 2.78. The first-order chi connectivity index (χ1) is 13.8. The van der Waals surface area contributed by atoms with Crippen LogP contribution in [-0.2, 0) is 4.79 Å². The van der Waals surface area contributed by atoms with Crippen molar-refractivity contribution >= 4 is 52.0 Å². The molecule has 0 aliphatic carbocycles. The fraction of sp³-hybridized carbons (Fsp3) is 0.333. The molecule has 0 bridgehead atoms. The number of thioether (sulfide) groups is 1. The van der Waals surface area contributed by atoms with Gasteiger partial charge in [-0.15, -0.1) is 11.3 Å². The third kappa shape index (κ3) is 4.46. The fourth-order valence-corrected chi connectivity index (χ4v) is 4.46. The summed E-state index contributed by atoms with van der Waals surface area (Å²) in [4.78, 5) is 46.9. The number of nitrogens with one attached hydrogen (secondary N) is 3. The van der Waals surface area contributed by atoms with Crippen molar-refractivity contribution in [2.45, 2.75) is 25.3 Å². The molecule has 0 saturated carbocycles. The number of H-pyrrole nitrogens is 2. The maximum Gasteiger partial charge on any atom is 0.326 e. The summed E-state index contributed by atoms with van der Waals surface area (Å²) in [7, 11) is 0. The molecule has 6 N–H and O–H groups in total. The zero-order chi connectivity index (χ0) is 21.1. The van der Waals surface area contributed by atoms with Gasteiger partial charge in [0.05, 0.1) is 10.3 Å². The van der Waals surface area contributed by atoms with E-state index in [0.717, 1.165) is 10.4 Å². The highest BCUT2D eigenvalue weighted by molar-refractivity contribution is 7.98. The molecule has 0 aromatic carbocycles. The Kier molecular flexibility index (Phi) is 6.28. The molecule has 0 fully saturated rings. The molecule has 0 radical (unpaired) electrons. The van der Waals surface area contributed by atoms with Gasteiger partial charge < -0.3 is 21.1 Å². The van der Waals surface area contributed by atoms with Crippen LogP contribution in [0.5, 0.6) is 0 Å². The van der Waals surface area contributed by atoms with E-state index in [1.54, 1.807) is 18.3 Å². The molecule has 1 unspecified atom stereocenters. The van der Waals surface area contributed by atoms with E-state index >= 15 is 0 Å². The zero-order valence-electron chi connectivity index (χ0n) is 15.8. The molecule has 3 aromatic heterocycles. The topological polar surface area (TPSA) is 154 Å². The predicted octanol–water partition coefficient (Wildman–Crippen LogP) is 1.98. The minimum absolute atomic E-state index is 0.0353. The predicted molar refractivity (Wildman–Crippen MR) is 115 cm³/mol. The normalized spacial score (nSPS) is 13.3. The zero-order valence-corrected chi connectivity index (χ0v) is 17.4. The number of amides is 1. The van der Waals surface area contributed by atoms with E-state index in [9.17, 15) is 19.5 Å². The van der Waals surface area contributed by atoms with Gasteiger partial charge in [0.2, 0.25) is 5.95 Å². The van der Waals surface area contributed by atoms with Crippen molar-refractivity contribution in [3.63, 3.8) is 0 Å². The van der Waals surface area contributed by atoms with Gasteiger partial charge in [0.15, 0.2) is 0 Å². The minimum Gasteiger partial charge on any atom is -0.480 e. The first kappa shape index (κ1) is 20.9. The van der Waals surface area contributed by atoms with Crippen molar-refractivity contribution in [1.82, 2.24) is 20.3 Å². The molecule has 0 spiro atoms. The van der Waals surface area contributed by atoms with Gasteiger partial charge in [-0.2, -0.15) is 16.7 Å². The van der Waals surface area contributed by atoms with E-state index < -0.39 is 17.9 Å². The summed E-state index contributed by atoms with van der Waals surface area (Å²) in [5.74, 6) is -0.977. The van der Waals surface area contributed by atoms with Crippen LogP contribution < -0.4 is 16.6 Å². The van der Waals surface area contributed by atoms with Crippen molar-refractivity contribution in [2.24, 2.45) is 0 Å². The van der Waals surface area contributed by atoms with Gasteiger partial charge in [-0.05, 0) is 36.1 Å². The molecule has 0 saturated heterocycles. The van der Waals surface area contributed by atoms with Crippen molar-refractivity contribution in [2.75, 3.05) is 17.7 Å². The van der Waals surface area contributed by atoms with Crippen LogP contribution in [0.15, 0.2) is 23.1 Å². The first-order valence-electron chi connectivity index (χ1n) is 8.81. The van der Waals surface area contributed by atoms with E-state index in [2.05, 4.69) is 20.3 Å². The molecule has 11 heteroatoms. The molecule has 154 valence electrons. The molecular formula is C18H21N5O4S2. The monoisotopic (exact) mass is 435 g/mol. The largest absolute Gasteiger partial charge is 0.480 e. The Hall–Kier alpha value is -2.79. The summed E-state index contributed by atoms with van der Waals surface area (Å²) in [6.07, 6.45) is 3.94. The van der Waals surface area contributed by atoms with E-state index in [1.165, 1.54) is 23.1 Å². The van der Waals surface area contributed by atoms with Crippen LogP contribution in [0, 0.1) is 0 Å². The highest BCUT2D eigenvalue weighted by Crippen LogP contribution is 2.32. The summed E-state index contributed by atoms with van der Waals surface area (Å²) in [6.45, 7) is 1.92. The van der Waals surface area contributed by atoms with Crippen LogP contribution in [0.3, 0.4) is 0 Å². The number of aliphatic carboxylic acids is 1. The van der Waals surface area contributed by atoms with Gasteiger partial charge >= 0.3 is 5.97 Å². The number of carbonyl (C=O) groups excluding carboxylic acids is 1. The van der Waals surface area contributed by atoms with Crippen LogP contribution in [0.25, 0.3) is 11.0 Å². The molecule has 3 aromatic rings. The molecule has 2 atom stereocenters. The molecule has 1 amide bonds. The number of anilines is 1. The van der Waals surface area contributed by atoms with Crippen LogP contribution in [0.4, 0.5) is 5.95 Å². The number of carboxylic acids is 1. The number of aromatic nitrogens is 3. The average Bonchev–Trinajstić information content (AvgIpc) is 3.31. The number of hydrogen-bond acceptors (Lipinski definition) is 7. The van der Waals surface area contributed by atoms with Crippen molar-refractivity contribution in [3.8, 4) is 0 Å². The van der Waals surface area contributed by atoms with E-state index in [4.69, 9.17) is 5.73 Å². The Morgan fingerprint density at radius 2 is 2.17 bits per heavy atom. The van der Waals surface area contributed by atoms with E-state index in [1.807, 2.05) is 13.2 Å². The maximum atomic E-state index is 12.5. The first-order valence-corrected chi connectivity index (χ1v) is 11.0. The highest BCUT2D eigenvalue weighted by Gasteiger charge is 2.23. The number of thiophene rings is 1. The number of rotatable bonds is 8. The van der Waals surface area contributed by atoms with Gasteiger partial charge in [0.25, 0.3) is 11.5 Å². The minimum atomic E-state index is -1.05. The van der Waals surface area contributed by atoms with Crippen LogP contribution in [0.1, 0.15) is 39.4 Å². The third-order valence-electron chi connectivity index (χ3n) is 4.55. The molecule has 0 aliphatic rings. The number of nitrogens with zero attached hydrogens (tertiary/aromatic N) is 1. The van der Waals surface area contributed by atoms with Crippen LogP contribution in [0.2, 0.25) is 0 Å². The SMILES string of the molecule is CSCC[C@H](NC(=O)c1ccc(C(C)c2c[nH]c3nc(N)[nH]c(=O)c23)s1)C(=O)O. The second-order valence-electron chi connectivity index (χ2n) is 6.49. The number of hydrogen-bond donors (Lipinski definition) is 5. The Balaban J connectivity index is 1.81. The fourth-order valence-electron chi connectivity index (χ4n) is 3.01. The summed E-state index contributed by atoms with van der Waals surface area (Å²) in [5, 5.41) is 12.3. The second-order valence-corrected chi connectivity index (χ2v) is 8.59. The quantitative estimate of drug-likeness (QED) is 0.362. The summed E-state index contributed by atoms with van der Waals surface area (Å²) in [6, 6.07) is 2.54. The molecule has 3 heterocycles. The third-order valence-corrected chi connectivity index (χ3v) is 6.46. The molecule has 3 rings (SSSR count). The number of fused-ring (bicyclic) bond motifs is 1. The standard InChI is InChI=1S/C18H21N5O4S2/c1-8(9-7-20-14-13(9)16(25)23-18(19)22-14)11-3-4-12(29-11)15(24)21-10(17(26)27)5-6-28-2/h3-4,7-8,10H,5-6H2,1-2H3,(H,21,24)(H,26,27)(H4,19,20,22,23,25)/t8?,10-/m0/s1. The average molecular weight is 436 g/mol. The van der Waals surface area contributed by atoms with E-state index in [-0.39, 0.29) is 17.4 Å². The number of carboxylic acid groups (broad SMARTS) is 1. The lowest BCUT2D eigenvalue weighted by molar-refractivity contribution is -0.139. The maximum absolute atomic E-state index is 12.5. The van der Waals surface area contributed by atoms with Gasteiger partial charge in [-0.25, -0.2) is 4.79 Å². The number of nitrogen functional groups attached to an aromatic ring is 1. The van der Waals surface area contributed by atoms with Crippen molar-refractivity contribution in [3.05, 3.63) is 44.0 Å². The number of aromatic amines is 2. The Morgan fingerprint density at radius 1 is 1.41 bits per heavy atom. The molecule has 9 nitrogen and oxygen atoms in total. The lowest BCUT2D eigenvalue weighted by Gasteiger charge is -2.13. The highest BCUT2D eigenvalue weighted by atomic mass is 32.2. The van der Waals surface area contributed by atoms with Gasteiger partial charge in [0.1, 0.15) is 11.7 Å². The molecule has 29 heavy (non-hydrogen) atoms. The Morgan fingerprint density at radius 3 is 2.86 bits per heavy atom. The van der Waals surface area contributed by atoms with Crippen LogP contribution in [-0.4, -0.2) is 50.0 Å². The Labute approximate surface area is 174 Å². The summed E-state index contributed by atoms with van der Waals surface area (Å²) < 4.78 is 0. The second kappa shape index (κ2) is 8.70. The smallest absolute Gasteiger partial charge is 0.326 e. The number of nitrogens with two attached hydrogens (primary N) is 1. The molecule has 0 aliphatic heterocycles.